The van der Waals surface area contributed by atoms with Crippen LogP contribution in [0.15, 0.2) is 30.4 Å². The lowest BCUT2D eigenvalue weighted by atomic mass is 10.0. The molecule has 334 valence electrons. The SMILES string of the molecule is COc1ccc2c(O[C@@H]3C[C@H]4C(=O)N[C@]5(C(=O)NS(=O)(=O)C6(C)CC6)C[C@H]5/C=C\CC[C@@H](C)O[C@@H](C)[C@H](NC(=O)OC(C)(C)C(C)(F)F)C(=O)N4C3)nc3c(c2c1)CCCO3. The molecule has 5 aliphatic rings. The molecule has 61 heavy (non-hydrogen) atoms. The highest BCUT2D eigenvalue weighted by atomic mass is 32.2. The molecule has 2 aromatic rings. The van der Waals surface area contributed by atoms with Crippen LogP contribution in [0, 0.1) is 5.92 Å². The number of hydrogen-bond acceptors (Lipinski definition) is 12. The minimum absolute atomic E-state index is 0.0966. The van der Waals surface area contributed by atoms with Crippen LogP contribution in [0.5, 0.6) is 17.5 Å². The molecule has 2 aliphatic carbocycles. The summed E-state index contributed by atoms with van der Waals surface area (Å²) in [6.07, 6.45) is 2.94. The standard InChI is InChI=1S/C42H55F2N5O11S/c1-23-11-8-9-12-25-21-42(25,37(52)48-61(54,55)40(5)16-17-40)47-33(50)31-20-27(59-35-29-15-14-26(56-7)19-30(29)28-13-10-18-57-34(28)46-35)22-49(31)36(51)32(24(2)58-23)45-38(53)60-39(3,4)41(6,43)44/h9,12,14-15,19,23-25,27,31-32H,8,10-11,13,16-18,20-22H2,1-7H3,(H,45,53)(H,47,50)(H,48,52)/b12-9-/t23-,24+,25-,27-,31+,32+,42-/m1/s1. The summed E-state index contributed by atoms with van der Waals surface area (Å²) in [6.45, 7) is 7.75. The second kappa shape index (κ2) is 16.2. The monoisotopic (exact) mass is 875 g/mol. The van der Waals surface area contributed by atoms with E-state index >= 15 is 0 Å². The minimum Gasteiger partial charge on any atom is -0.497 e. The van der Waals surface area contributed by atoms with Gasteiger partial charge in [-0.3, -0.25) is 19.1 Å². The number of halogens is 2. The van der Waals surface area contributed by atoms with E-state index in [-0.39, 0.29) is 25.3 Å². The summed E-state index contributed by atoms with van der Waals surface area (Å²) in [5, 5.41) is 6.69. The van der Waals surface area contributed by atoms with Gasteiger partial charge < -0.3 is 39.2 Å². The summed E-state index contributed by atoms with van der Waals surface area (Å²) in [5.41, 5.74) is -3.04. The number of nitrogens with one attached hydrogen (secondary N) is 3. The lowest BCUT2D eigenvalue weighted by molar-refractivity contribution is -0.153. The molecule has 2 saturated carbocycles. The highest BCUT2D eigenvalue weighted by Crippen LogP contribution is 2.48. The summed E-state index contributed by atoms with van der Waals surface area (Å²) in [7, 11) is -2.53. The maximum Gasteiger partial charge on any atom is 0.408 e. The first kappa shape index (κ1) is 44.3. The van der Waals surface area contributed by atoms with E-state index in [1.54, 1.807) is 46.1 Å². The van der Waals surface area contributed by atoms with E-state index in [4.69, 9.17) is 28.7 Å². The van der Waals surface area contributed by atoms with Crippen molar-refractivity contribution in [3.05, 3.63) is 35.9 Å². The average molecular weight is 876 g/mol. The Morgan fingerprint density at radius 1 is 1.11 bits per heavy atom. The third kappa shape index (κ3) is 8.81. The summed E-state index contributed by atoms with van der Waals surface area (Å²) in [6, 6.07) is 2.52. The van der Waals surface area contributed by atoms with E-state index in [1.165, 1.54) is 4.90 Å². The molecule has 3 fully saturated rings. The molecule has 4 amide bonds. The van der Waals surface area contributed by atoms with Crippen LogP contribution in [0.4, 0.5) is 13.6 Å². The van der Waals surface area contributed by atoms with Crippen LogP contribution in [0.3, 0.4) is 0 Å². The number of allylic oxidation sites excluding steroid dienone is 1. The highest BCUT2D eigenvalue weighted by molar-refractivity contribution is 7.91. The molecule has 1 aromatic carbocycles. The van der Waals surface area contributed by atoms with Crippen molar-refractivity contribution < 1.29 is 60.1 Å². The third-order valence-corrected chi connectivity index (χ3v) is 14.9. The highest BCUT2D eigenvalue weighted by Gasteiger charge is 2.63. The Morgan fingerprint density at radius 3 is 2.54 bits per heavy atom. The molecule has 4 heterocycles. The van der Waals surface area contributed by atoms with Gasteiger partial charge in [-0.25, -0.2) is 22.0 Å². The summed E-state index contributed by atoms with van der Waals surface area (Å²) < 4.78 is 85.8. The van der Waals surface area contributed by atoms with Gasteiger partial charge in [0.1, 0.15) is 29.5 Å². The first-order valence-electron chi connectivity index (χ1n) is 20.8. The number of aryl methyl sites for hydroxylation is 1. The van der Waals surface area contributed by atoms with Gasteiger partial charge in [0.25, 0.3) is 11.8 Å². The summed E-state index contributed by atoms with van der Waals surface area (Å²) in [5.74, 6) is -5.35. The molecule has 3 N–H and O–H groups in total. The fourth-order valence-corrected chi connectivity index (χ4v) is 9.34. The Morgan fingerprint density at radius 2 is 1.85 bits per heavy atom. The molecule has 0 spiro atoms. The largest absolute Gasteiger partial charge is 0.497 e. The number of methoxy groups -OCH3 is 1. The minimum atomic E-state index is -4.08. The molecule has 19 heteroatoms. The van der Waals surface area contributed by atoms with Gasteiger partial charge >= 0.3 is 6.09 Å². The van der Waals surface area contributed by atoms with Crippen LogP contribution in [-0.2, 0) is 40.3 Å². The predicted molar refractivity (Wildman–Crippen MR) is 217 cm³/mol. The number of fused-ring (bicyclic) bond motifs is 5. The molecule has 16 nitrogen and oxygen atoms in total. The van der Waals surface area contributed by atoms with Crippen molar-refractivity contribution in [2.75, 3.05) is 20.3 Å². The number of benzene rings is 1. The number of amides is 4. The number of ether oxygens (including phenoxy) is 5. The van der Waals surface area contributed by atoms with Crippen molar-refractivity contribution in [3.8, 4) is 17.5 Å². The Balaban J connectivity index is 1.25. The number of alkyl halides is 2. The second-order valence-electron chi connectivity index (χ2n) is 17.8. The van der Waals surface area contributed by atoms with Gasteiger partial charge in [-0.15, -0.1) is 0 Å². The lowest BCUT2D eigenvalue weighted by Gasteiger charge is -2.35. The predicted octanol–water partition coefficient (Wildman–Crippen LogP) is 4.46. The maximum absolute atomic E-state index is 14.9. The van der Waals surface area contributed by atoms with Crippen molar-refractivity contribution in [1.82, 2.24) is 25.2 Å². The van der Waals surface area contributed by atoms with Crippen molar-refractivity contribution in [2.24, 2.45) is 5.92 Å². The number of carbonyl (C=O) groups excluding carboxylic acids is 4. The Kier molecular flexibility index (Phi) is 11.7. The zero-order valence-electron chi connectivity index (χ0n) is 35.5. The van der Waals surface area contributed by atoms with Crippen molar-refractivity contribution >= 4 is 44.6 Å². The van der Waals surface area contributed by atoms with Crippen LogP contribution < -0.4 is 29.6 Å². The van der Waals surface area contributed by atoms with E-state index in [0.717, 1.165) is 31.2 Å². The Labute approximate surface area is 353 Å². The maximum atomic E-state index is 14.9. The molecule has 0 bridgehead atoms. The lowest BCUT2D eigenvalue weighted by Crippen LogP contribution is -2.60. The van der Waals surface area contributed by atoms with Gasteiger partial charge in [0, 0.05) is 30.2 Å². The topological polar surface area (TPSA) is 201 Å². The number of pyridine rings is 1. The Bertz CT molecular complexity index is 2230. The molecule has 7 rings (SSSR count). The van der Waals surface area contributed by atoms with E-state index in [0.29, 0.717) is 62.7 Å². The molecule has 1 saturated heterocycles. The number of nitrogens with zero attached hydrogens (tertiary/aromatic N) is 2. The normalized spacial score (nSPS) is 29.6. The molecular formula is C42H55F2N5O11S. The number of alkyl carbamates (subject to hydrolysis) is 1. The molecule has 0 radical (unpaired) electrons. The number of sulfonamides is 1. The van der Waals surface area contributed by atoms with Crippen LogP contribution in [0.2, 0.25) is 0 Å². The molecule has 0 unspecified atom stereocenters. The van der Waals surface area contributed by atoms with Crippen LogP contribution >= 0.6 is 0 Å². The van der Waals surface area contributed by atoms with E-state index < -0.39 is 92.0 Å². The van der Waals surface area contributed by atoms with E-state index in [1.807, 2.05) is 12.1 Å². The smallest absolute Gasteiger partial charge is 0.408 e. The summed E-state index contributed by atoms with van der Waals surface area (Å²) in [4.78, 5) is 62.8. The van der Waals surface area contributed by atoms with E-state index in [9.17, 15) is 36.4 Å². The van der Waals surface area contributed by atoms with Gasteiger partial charge in [-0.05, 0) is 103 Å². The Hall–Kier alpha value is -4.78. The van der Waals surface area contributed by atoms with E-state index in [2.05, 4.69) is 15.4 Å². The number of rotatable bonds is 9. The first-order valence-corrected chi connectivity index (χ1v) is 22.3. The van der Waals surface area contributed by atoms with Crippen LogP contribution in [0.1, 0.15) is 92.1 Å². The van der Waals surface area contributed by atoms with Gasteiger partial charge in [0.2, 0.25) is 33.6 Å². The number of hydrogen-bond donors (Lipinski definition) is 3. The van der Waals surface area contributed by atoms with Gasteiger partial charge in [0.05, 0.1) is 37.2 Å². The quantitative estimate of drug-likeness (QED) is 0.299. The van der Waals surface area contributed by atoms with Crippen molar-refractivity contribution in [3.63, 3.8) is 0 Å². The van der Waals surface area contributed by atoms with Crippen molar-refractivity contribution in [1.29, 1.82) is 0 Å². The third-order valence-electron chi connectivity index (χ3n) is 12.7. The summed E-state index contributed by atoms with van der Waals surface area (Å²) >= 11 is 0. The molecular weight excluding hydrogens is 821 g/mol. The molecule has 3 aliphatic heterocycles. The molecule has 1 aromatic heterocycles. The van der Waals surface area contributed by atoms with Gasteiger partial charge in [0.15, 0.2) is 5.60 Å². The first-order chi connectivity index (χ1) is 28.6. The fraction of sp³-hybridized carbons (Fsp3) is 0.643. The average Bonchev–Trinajstić information content (AvgIpc) is 4.07. The van der Waals surface area contributed by atoms with Crippen LogP contribution in [-0.4, -0.2) is 115 Å². The van der Waals surface area contributed by atoms with Crippen LogP contribution in [0.25, 0.3) is 10.8 Å². The number of carbonyl (C=O) groups is 4. The fourth-order valence-electron chi connectivity index (χ4n) is 8.03. The van der Waals surface area contributed by atoms with Gasteiger partial charge in [-0.2, -0.15) is 4.98 Å². The second-order valence-corrected chi connectivity index (χ2v) is 20.0. The number of aromatic nitrogens is 1. The van der Waals surface area contributed by atoms with Crippen molar-refractivity contribution in [2.45, 2.75) is 145 Å². The zero-order chi connectivity index (χ0) is 44.3. The molecule has 7 atom stereocenters. The van der Waals surface area contributed by atoms with Gasteiger partial charge in [-0.1, -0.05) is 12.2 Å². The zero-order valence-corrected chi connectivity index (χ0v) is 36.3.